The van der Waals surface area contributed by atoms with E-state index in [0.717, 1.165) is 32.5 Å². The van der Waals surface area contributed by atoms with E-state index in [9.17, 15) is 9.59 Å². The minimum Gasteiger partial charge on any atom is -0.352 e. The fourth-order valence-electron chi connectivity index (χ4n) is 2.88. The zero-order chi connectivity index (χ0) is 13.8. The smallest absolute Gasteiger partial charge is 0.220 e. The summed E-state index contributed by atoms with van der Waals surface area (Å²) in [4.78, 5) is 24.8. The molecular formula is C13H23N4O2. The molecular weight excluding hydrogens is 244 g/mol. The highest BCUT2D eigenvalue weighted by Gasteiger charge is 2.37. The molecule has 1 radical (unpaired) electrons. The van der Waals surface area contributed by atoms with Crippen LogP contribution in [0.5, 0.6) is 0 Å². The molecule has 2 amide bonds. The van der Waals surface area contributed by atoms with Crippen molar-refractivity contribution in [3.63, 3.8) is 0 Å². The van der Waals surface area contributed by atoms with Crippen LogP contribution in [-0.4, -0.2) is 54.6 Å². The first-order chi connectivity index (χ1) is 9.10. The van der Waals surface area contributed by atoms with Crippen molar-refractivity contribution in [2.45, 2.75) is 51.4 Å². The van der Waals surface area contributed by atoms with Crippen LogP contribution in [0, 0.1) is 0 Å². The molecule has 0 aromatic carbocycles. The van der Waals surface area contributed by atoms with Gasteiger partial charge < -0.3 is 10.6 Å². The molecule has 3 atom stereocenters. The van der Waals surface area contributed by atoms with Crippen molar-refractivity contribution < 1.29 is 9.59 Å². The lowest BCUT2D eigenvalue weighted by molar-refractivity contribution is -0.122. The van der Waals surface area contributed by atoms with Crippen LogP contribution in [0.2, 0.25) is 0 Å². The Morgan fingerprint density at radius 3 is 2.79 bits per heavy atom. The number of hydrogen-bond donors (Lipinski definition) is 2. The minimum absolute atomic E-state index is 0.0195. The lowest BCUT2D eigenvalue weighted by atomic mass is 10.2. The van der Waals surface area contributed by atoms with Crippen molar-refractivity contribution in [3.8, 4) is 0 Å². The average molecular weight is 267 g/mol. The minimum atomic E-state index is 0.0195. The van der Waals surface area contributed by atoms with E-state index in [2.05, 4.69) is 20.9 Å². The standard InChI is InChI=1S/C13H23N4O2/c1-3-12(19)16-11-4-6-14-13(11)17-7-5-10(8-17)15-9(2)18/h10-11,13H,3-8H2,1-2H3,(H,15,18)(H,16,19). The van der Waals surface area contributed by atoms with E-state index in [1.165, 1.54) is 0 Å². The van der Waals surface area contributed by atoms with Crippen LogP contribution in [0.15, 0.2) is 0 Å². The molecule has 2 saturated heterocycles. The van der Waals surface area contributed by atoms with E-state index in [1.807, 2.05) is 6.92 Å². The number of hydrogen-bond acceptors (Lipinski definition) is 3. The summed E-state index contributed by atoms with van der Waals surface area (Å²) in [6.45, 7) is 5.97. The Morgan fingerprint density at radius 2 is 2.11 bits per heavy atom. The van der Waals surface area contributed by atoms with Crippen molar-refractivity contribution in [1.29, 1.82) is 0 Å². The van der Waals surface area contributed by atoms with Crippen molar-refractivity contribution in [3.05, 3.63) is 0 Å². The first kappa shape index (κ1) is 14.3. The molecule has 2 heterocycles. The summed E-state index contributed by atoms with van der Waals surface area (Å²) >= 11 is 0. The van der Waals surface area contributed by atoms with Gasteiger partial charge >= 0.3 is 0 Å². The molecule has 0 saturated carbocycles. The Hall–Kier alpha value is -1.14. The van der Waals surface area contributed by atoms with Gasteiger partial charge in [0, 0.05) is 39.0 Å². The molecule has 2 aliphatic heterocycles. The molecule has 6 nitrogen and oxygen atoms in total. The van der Waals surface area contributed by atoms with Gasteiger partial charge in [-0.3, -0.25) is 14.5 Å². The van der Waals surface area contributed by atoms with Crippen molar-refractivity contribution in [2.75, 3.05) is 19.6 Å². The van der Waals surface area contributed by atoms with Gasteiger partial charge in [-0.05, 0) is 12.8 Å². The van der Waals surface area contributed by atoms with Gasteiger partial charge in [-0.15, -0.1) is 0 Å². The predicted molar refractivity (Wildman–Crippen MR) is 71.4 cm³/mol. The molecule has 2 fully saturated rings. The quantitative estimate of drug-likeness (QED) is 0.716. The van der Waals surface area contributed by atoms with Crippen LogP contribution in [-0.2, 0) is 9.59 Å². The monoisotopic (exact) mass is 267 g/mol. The van der Waals surface area contributed by atoms with Gasteiger partial charge in [0.05, 0.1) is 12.2 Å². The second-order valence-electron chi connectivity index (χ2n) is 5.32. The number of nitrogens with zero attached hydrogens (tertiary/aromatic N) is 2. The van der Waals surface area contributed by atoms with Gasteiger partial charge in [-0.2, -0.15) is 0 Å². The summed E-state index contributed by atoms with van der Waals surface area (Å²) in [5, 5.41) is 10.6. The Labute approximate surface area is 114 Å². The first-order valence-corrected chi connectivity index (χ1v) is 7.07. The Bertz CT molecular complexity index is 348. The summed E-state index contributed by atoms with van der Waals surface area (Å²) < 4.78 is 0. The number of likely N-dealkylation sites (tertiary alicyclic amines) is 1. The predicted octanol–water partition coefficient (Wildman–Crippen LogP) is -0.574. The number of carbonyl (C=O) groups excluding carboxylic acids is 2. The van der Waals surface area contributed by atoms with E-state index < -0.39 is 0 Å². The third kappa shape index (κ3) is 3.67. The van der Waals surface area contributed by atoms with Crippen molar-refractivity contribution in [2.24, 2.45) is 0 Å². The number of nitrogens with one attached hydrogen (secondary N) is 2. The maximum atomic E-state index is 11.5. The molecule has 2 aliphatic rings. The summed E-state index contributed by atoms with van der Waals surface area (Å²) in [7, 11) is 0. The number of carbonyl (C=O) groups is 2. The second kappa shape index (κ2) is 6.34. The van der Waals surface area contributed by atoms with Crippen LogP contribution in [0.1, 0.15) is 33.1 Å². The largest absolute Gasteiger partial charge is 0.352 e. The molecule has 0 spiro atoms. The van der Waals surface area contributed by atoms with E-state index >= 15 is 0 Å². The van der Waals surface area contributed by atoms with Crippen molar-refractivity contribution >= 4 is 11.8 Å². The molecule has 0 aromatic rings. The van der Waals surface area contributed by atoms with Gasteiger partial charge in [-0.1, -0.05) is 6.92 Å². The fourth-order valence-corrected chi connectivity index (χ4v) is 2.88. The van der Waals surface area contributed by atoms with Crippen LogP contribution in [0.25, 0.3) is 0 Å². The third-order valence-corrected chi connectivity index (χ3v) is 3.78. The highest BCUT2D eigenvalue weighted by Crippen LogP contribution is 2.19. The van der Waals surface area contributed by atoms with E-state index in [-0.39, 0.29) is 30.1 Å². The molecule has 19 heavy (non-hydrogen) atoms. The van der Waals surface area contributed by atoms with Crippen LogP contribution in [0.4, 0.5) is 0 Å². The molecule has 2 N–H and O–H groups in total. The summed E-state index contributed by atoms with van der Waals surface area (Å²) in [5.74, 6) is 0.107. The highest BCUT2D eigenvalue weighted by molar-refractivity contribution is 5.76. The van der Waals surface area contributed by atoms with Gasteiger partial charge in [0.15, 0.2) is 0 Å². The van der Waals surface area contributed by atoms with E-state index in [0.29, 0.717) is 6.42 Å². The van der Waals surface area contributed by atoms with Gasteiger partial charge in [0.25, 0.3) is 0 Å². The molecule has 6 heteroatoms. The van der Waals surface area contributed by atoms with Crippen molar-refractivity contribution in [1.82, 2.24) is 20.9 Å². The first-order valence-electron chi connectivity index (χ1n) is 7.07. The van der Waals surface area contributed by atoms with Gasteiger partial charge in [0.2, 0.25) is 11.8 Å². The Morgan fingerprint density at radius 1 is 1.32 bits per heavy atom. The zero-order valence-corrected chi connectivity index (χ0v) is 11.7. The normalized spacial score (nSPS) is 31.4. The number of rotatable bonds is 4. The Kier molecular flexibility index (Phi) is 4.76. The lowest BCUT2D eigenvalue weighted by Crippen LogP contribution is -2.51. The van der Waals surface area contributed by atoms with Gasteiger partial charge in [-0.25, -0.2) is 5.32 Å². The molecule has 3 unspecified atom stereocenters. The lowest BCUT2D eigenvalue weighted by Gasteiger charge is -2.29. The average Bonchev–Trinajstić information content (AvgIpc) is 2.97. The summed E-state index contributed by atoms with van der Waals surface area (Å²) in [5.41, 5.74) is 0. The molecule has 0 aliphatic carbocycles. The number of amides is 2. The highest BCUT2D eigenvalue weighted by atomic mass is 16.2. The second-order valence-corrected chi connectivity index (χ2v) is 5.32. The van der Waals surface area contributed by atoms with E-state index in [1.54, 1.807) is 6.92 Å². The van der Waals surface area contributed by atoms with Gasteiger partial charge in [0.1, 0.15) is 0 Å². The molecule has 0 aromatic heterocycles. The Balaban J connectivity index is 1.87. The van der Waals surface area contributed by atoms with Crippen LogP contribution in [0.3, 0.4) is 0 Å². The molecule has 2 rings (SSSR count). The molecule has 107 valence electrons. The van der Waals surface area contributed by atoms with Crippen LogP contribution >= 0.6 is 0 Å². The fraction of sp³-hybridized carbons (Fsp3) is 0.846. The van der Waals surface area contributed by atoms with Crippen LogP contribution < -0.4 is 16.0 Å². The summed E-state index contributed by atoms with van der Waals surface area (Å²) in [6, 6.07) is 0.347. The maximum absolute atomic E-state index is 11.5. The SMILES string of the molecule is CCC(=O)NC1CC[N]C1N1CCC(NC(C)=O)C1. The topological polar surface area (TPSA) is 75.5 Å². The zero-order valence-electron chi connectivity index (χ0n) is 11.7. The maximum Gasteiger partial charge on any atom is 0.220 e. The van der Waals surface area contributed by atoms with E-state index in [4.69, 9.17) is 0 Å². The summed E-state index contributed by atoms with van der Waals surface area (Å²) in [6.07, 6.45) is 2.46. The third-order valence-electron chi connectivity index (χ3n) is 3.78. The molecule has 0 bridgehead atoms.